The molecule has 0 aliphatic heterocycles. The minimum Gasteiger partial charge on any atom is -0.0727 e. The summed E-state index contributed by atoms with van der Waals surface area (Å²) >= 11 is 7.31. The van der Waals surface area contributed by atoms with E-state index in [4.69, 9.17) is 0 Å². The Morgan fingerprint density at radius 1 is 1.10 bits per heavy atom. The lowest BCUT2D eigenvalue weighted by Crippen LogP contribution is -2.22. The van der Waals surface area contributed by atoms with Crippen LogP contribution in [0.3, 0.4) is 0 Å². The number of hydrogen-bond acceptors (Lipinski definition) is 0. The third kappa shape index (κ3) is 2.54. The van der Waals surface area contributed by atoms with Crippen LogP contribution in [-0.2, 0) is 0 Å². The zero-order chi connectivity index (χ0) is 7.61. The fourth-order valence-corrected chi connectivity index (χ4v) is 2.53. The van der Waals surface area contributed by atoms with Crippen LogP contribution in [0.5, 0.6) is 0 Å². The second-order valence-electron chi connectivity index (χ2n) is 3.29. The predicted molar refractivity (Wildman–Crippen MR) is 52.8 cm³/mol. The molecular formula is C8H14Br2. The third-order valence-corrected chi connectivity index (χ3v) is 3.62. The Bertz CT molecular complexity index is 98.3. The quantitative estimate of drug-likeness (QED) is 0.630. The summed E-state index contributed by atoms with van der Waals surface area (Å²) in [6.45, 7) is 2.21. The molecule has 60 valence electrons. The standard InChI is InChI=1S/C8H14Br2/c1-8(9,10)7-5-3-2-4-6-7/h7H,2-6H2,1H3. The van der Waals surface area contributed by atoms with Gasteiger partial charge in [0.1, 0.15) is 0 Å². The van der Waals surface area contributed by atoms with E-state index in [9.17, 15) is 0 Å². The maximum absolute atomic E-state index is 3.66. The smallest absolute Gasteiger partial charge is 0.0727 e. The lowest BCUT2D eigenvalue weighted by atomic mass is 9.87. The number of alkyl halides is 2. The molecule has 1 saturated carbocycles. The van der Waals surface area contributed by atoms with Crippen molar-refractivity contribution in [1.82, 2.24) is 0 Å². The maximum Gasteiger partial charge on any atom is 0.0805 e. The van der Waals surface area contributed by atoms with Gasteiger partial charge in [0.25, 0.3) is 0 Å². The number of rotatable bonds is 1. The average Bonchev–Trinajstić information content (AvgIpc) is 1.88. The van der Waals surface area contributed by atoms with Gasteiger partial charge >= 0.3 is 0 Å². The molecule has 1 aliphatic carbocycles. The Labute approximate surface area is 80.0 Å². The van der Waals surface area contributed by atoms with Crippen molar-refractivity contribution in [2.45, 2.75) is 42.3 Å². The second kappa shape index (κ2) is 3.57. The van der Waals surface area contributed by atoms with Crippen molar-refractivity contribution in [1.29, 1.82) is 0 Å². The van der Waals surface area contributed by atoms with E-state index >= 15 is 0 Å². The summed E-state index contributed by atoms with van der Waals surface area (Å²) in [5.74, 6) is 0.834. The number of hydrogen-bond donors (Lipinski definition) is 0. The van der Waals surface area contributed by atoms with Crippen LogP contribution in [0.4, 0.5) is 0 Å². The van der Waals surface area contributed by atoms with Crippen molar-refractivity contribution < 1.29 is 0 Å². The van der Waals surface area contributed by atoms with E-state index in [0.29, 0.717) is 0 Å². The molecule has 0 atom stereocenters. The Morgan fingerprint density at radius 2 is 1.60 bits per heavy atom. The molecule has 0 saturated heterocycles. The maximum atomic E-state index is 3.66. The van der Waals surface area contributed by atoms with Crippen LogP contribution in [0.2, 0.25) is 0 Å². The van der Waals surface area contributed by atoms with Gasteiger partial charge in [-0.25, -0.2) is 0 Å². The molecule has 1 fully saturated rings. The Hall–Kier alpha value is 0.960. The van der Waals surface area contributed by atoms with Crippen molar-refractivity contribution in [3.05, 3.63) is 0 Å². The number of halogens is 2. The molecule has 2 heteroatoms. The van der Waals surface area contributed by atoms with Crippen LogP contribution < -0.4 is 0 Å². The van der Waals surface area contributed by atoms with Crippen LogP contribution in [0.1, 0.15) is 39.0 Å². The molecule has 0 amide bonds. The molecule has 0 N–H and O–H groups in total. The minimum atomic E-state index is 0.195. The highest BCUT2D eigenvalue weighted by molar-refractivity contribution is 9.25. The van der Waals surface area contributed by atoms with Crippen molar-refractivity contribution >= 4 is 31.9 Å². The highest BCUT2D eigenvalue weighted by Gasteiger charge is 2.29. The molecule has 1 aliphatic rings. The summed E-state index contributed by atoms with van der Waals surface area (Å²) in [6.07, 6.45) is 7.03. The first kappa shape index (κ1) is 9.05. The van der Waals surface area contributed by atoms with Crippen LogP contribution in [-0.4, -0.2) is 3.23 Å². The zero-order valence-electron chi connectivity index (χ0n) is 6.37. The van der Waals surface area contributed by atoms with E-state index in [1.807, 2.05) is 0 Å². The molecule has 0 spiro atoms. The molecule has 0 aromatic rings. The Balaban J connectivity index is 2.39. The first-order valence-corrected chi connectivity index (χ1v) is 5.57. The van der Waals surface area contributed by atoms with Gasteiger partial charge < -0.3 is 0 Å². The minimum absolute atomic E-state index is 0.195. The van der Waals surface area contributed by atoms with Gasteiger partial charge in [-0.05, 0) is 25.7 Å². The fourth-order valence-electron chi connectivity index (χ4n) is 1.61. The summed E-state index contributed by atoms with van der Waals surface area (Å²) < 4.78 is 0.195. The summed E-state index contributed by atoms with van der Waals surface area (Å²) in [5.41, 5.74) is 0. The Kier molecular flexibility index (Phi) is 3.23. The third-order valence-electron chi connectivity index (χ3n) is 2.32. The van der Waals surface area contributed by atoms with Gasteiger partial charge in [0, 0.05) is 0 Å². The van der Waals surface area contributed by atoms with Crippen molar-refractivity contribution in [3.8, 4) is 0 Å². The highest BCUT2D eigenvalue weighted by Crippen LogP contribution is 2.42. The van der Waals surface area contributed by atoms with Gasteiger partial charge in [0.2, 0.25) is 0 Å². The SMILES string of the molecule is CC(Br)(Br)C1CCCCC1. The van der Waals surface area contributed by atoms with Gasteiger partial charge in [-0.2, -0.15) is 0 Å². The lowest BCUT2D eigenvalue weighted by Gasteiger charge is -2.30. The first-order valence-electron chi connectivity index (χ1n) is 3.98. The summed E-state index contributed by atoms with van der Waals surface area (Å²) in [6, 6.07) is 0. The van der Waals surface area contributed by atoms with Gasteiger partial charge in [-0.15, -0.1) is 0 Å². The highest BCUT2D eigenvalue weighted by atomic mass is 79.9. The molecule has 0 heterocycles. The van der Waals surface area contributed by atoms with Crippen molar-refractivity contribution in [3.63, 3.8) is 0 Å². The van der Waals surface area contributed by atoms with E-state index in [1.165, 1.54) is 32.1 Å². The Morgan fingerprint density at radius 3 is 1.90 bits per heavy atom. The first-order chi connectivity index (χ1) is 4.61. The summed E-state index contributed by atoms with van der Waals surface area (Å²) in [7, 11) is 0. The normalized spacial score (nSPS) is 23.1. The molecule has 0 bridgehead atoms. The molecule has 0 nitrogen and oxygen atoms in total. The van der Waals surface area contributed by atoms with Gasteiger partial charge in [-0.3, -0.25) is 0 Å². The van der Waals surface area contributed by atoms with Gasteiger partial charge in [0.05, 0.1) is 3.23 Å². The molecular weight excluding hydrogens is 256 g/mol. The molecule has 0 aromatic heterocycles. The fraction of sp³-hybridized carbons (Fsp3) is 1.00. The van der Waals surface area contributed by atoms with Crippen LogP contribution in [0.15, 0.2) is 0 Å². The van der Waals surface area contributed by atoms with Gasteiger partial charge in [0.15, 0.2) is 0 Å². The molecule has 0 radical (unpaired) electrons. The lowest BCUT2D eigenvalue weighted by molar-refractivity contribution is 0.349. The van der Waals surface area contributed by atoms with E-state index in [2.05, 4.69) is 38.8 Å². The summed E-state index contributed by atoms with van der Waals surface area (Å²) in [5, 5.41) is 0. The molecule has 0 unspecified atom stereocenters. The topological polar surface area (TPSA) is 0 Å². The van der Waals surface area contributed by atoms with Crippen LogP contribution >= 0.6 is 31.9 Å². The molecule has 10 heavy (non-hydrogen) atoms. The second-order valence-corrected chi connectivity index (χ2v) is 7.65. The van der Waals surface area contributed by atoms with E-state index in [0.717, 1.165) is 5.92 Å². The largest absolute Gasteiger partial charge is 0.0805 e. The predicted octanol–water partition coefficient (Wildman–Crippen LogP) is 4.07. The zero-order valence-corrected chi connectivity index (χ0v) is 9.54. The van der Waals surface area contributed by atoms with E-state index < -0.39 is 0 Å². The molecule has 1 rings (SSSR count). The van der Waals surface area contributed by atoms with E-state index in [-0.39, 0.29) is 3.23 Å². The molecule has 0 aromatic carbocycles. The monoisotopic (exact) mass is 268 g/mol. The van der Waals surface area contributed by atoms with Crippen molar-refractivity contribution in [2.75, 3.05) is 0 Å². The van der Waals surface area contributed by atoms with Crippen LogP contribution in [0.25, 0.3) is 0 Å². The van der Waals surface area contributed by atoms with Crippen molar-refractivity contribution in [2.24, 2.45) is 5.92 Å². The van der Waals surface area contributed by atoms with Gasteiger partial charge in [-0.1, -0.05) is 51.1 Å². The summed E-state index contributed by atoms with van der Waals surface area (Å²) in [4.78, 5) is 0. The van der Waals surface area contributed by atoms with E-state index in [1.54, 1.807) is 0 Å². The average molecular weight is 270 g/mol. The van der Waals surface area contributed by atoms with Crippen LogP contribution in [0, 0.1) is 5.92 Å².